The molecule has 0 aliphatic heterocycles. The fourth-order valence-electron chi connectivity index (χ4n) is 2.66. The van der Waals surface area contributed by atoms with Crippen LogP contribution in [0.3, 0.4) is 0 Å². The highest BCUT2D eigenvalue weighted by atomic mass is 32.1. The van der Waals surface area contributed by atoms with E-state index in [4.69, 9.17) is 4.84 Å². The Morgan fingerprint density at radius 3 is 3.08 bits per heavy atom. The molecule has 7 heteroatoms. The topological polar surface area (TPSA) is 74.5 Å². The van der Waals surface area contributed by atoms with Crippen LogP contribution in [0.15, 0.2) is 22.7 Å². The maximum Gasteiger partial charge on any atom is 0.265 e. The minimum Gasteiger partial charge on any atom is -0.386 e. The fraction of sp³-hybridized carbons (Fsp3) is 0.353. The first-order valence-corrected chi connectivity index (χ1v) is 9.51. The van der Waals surface area contributed by atoms with Gasteiger partial charge in [-0.15, -0.1) is 22.7 Å². The number of hydrogen-bond acceptors (Lipinski definition) is 6. The standard InChI is InChI=1S/C17H17N3O2S2/c18-9-14-13-6-2-1-3-7-15(13)24-17(14)20-16(21)11-22-19-10-12-5-4-8-23-12/h4-5,8,10H,1-3,6-7,11H2,(H,20,21). The Morgan fingerprint density at radius 2 is 2.29 bits per heavy atom. The molecule has 2 aromatic heterocycles. The molecule has 0 saturated heterocycles. The second-order valence-electron chi connectivity index (χ2n) is 5.45. The summed E-state index contributed by atoms with van der Waals surface area (Å²) in [6.07, 6.45) is 6.94. The minimum absolute atomic E-state index is 0.171. The molecule has 0 radical (unpaired) electrons. The summed E-state index contributed by atoms with van der Waals surface area (Å²) in [5, 5.41) is 18.6. The zero-order valence-electron chi connectivity index (χ0n) is 13.1. The molecule has 5 nitrogen and oxygen atoms in total. The molecule has 0 saturated carbocycles. The van der Waals surface area contributed by atoms with Crippen molar-refractivity contribution in [1.82, 2.24) is 0 Å². The summed E-state index contributed by atoms with van der Waals surface area (Å²) in [4.78, 5) is 19.2. The van der Waals surface area contributed by atoms with Gasteiger partial charge in [-0.2, -0.15) is 5.26 Å². The average Bonchev–Trinajstić information content (AvgIpc) is 3.14. The maximum atomic E-state index is 12.0. The van der Waals surface area contributed by atoms with Crippen molar-refractivity contribution < 1.29 is 9.63 Å². The first kappa shape index (κ1) is 16.7. The second kappa shape index (κ2) is 8.08. The van der Waals surface area contributed by atoms with E-state index in [0.29, 0.717) is 10.6 Å². The number of fused-ring (bicyclic) bond motifs is 1. The van der Waals surface area contributed by atoms with E-state index in [1.165, 1.54) is 22.6 Å². The highest BCUT2D eigenvalue weighted by molar-refractivity contribution is 7.16. The maximum absolute atomic E-state index is 12.0. The van der Waals surface area contributed by atoms with Gasteiger partial charge >= 0.3 is 0 Å². The van der Waals surface area contributed by atoms with Crippen LogP contribution in [0.2, 0.25) is 0 Å². The lowest BCUT2D eigenvalue weighted by Gasteiger charge is -2.03. The Kier molecular flexibility index (Phi) is 5.62. The van der Waals surface area contributed by atoms with Crippen molar-refractivity contribution in [1.29, 1.82) is 5.26 Å². The molecule has 24 heavy (non-hydrogen) atoms. The molecule has 0 spiro atoms. The molecule has 0 unspecified atom stereocenters. The number of hydrogen-bond donors (Lipinski definition) is 1. The van der Waals surface area contributed by atoms with Gasteiger partial charge in [0.25, 0.3) is 5.91 Å². The lowest BCUT2D eigenvalue weighted by Crippen LogP contribution is -2.16. The van der Waals surface area contributed by atoms with Gasteiger partial charge in [-0.05, 0) is 42.7 Å². The van der Waals surface area contributed by atoms with Gasteiger partial charge < -0.3 is 10.2 Å². The first-order chi connectivity index (χ1) is 11.8. The van der Waals surface area contributed by atoms with Crippen LogP contribution in [0.1, 0.15) is 40.1 Å². The zero-order valence-corrected chi connectivity index (χ0v) is 14.7. The van der Waals surface area contributed by atoms with Crippen molar-refractivity contribution >= 4 is 39.8 Å². The SMILES string of the molecule is N#Cc1c(NC(=O)CON=Cc2cccs2)sc2c1CCCCC2. The summed E-state index contributed by atoms with van der Waals surface area (Å²) in [6.45, 7) is -0.171. The number of oxime groups is 1. The number of carbonyl (C=O) groups is 1. The molecular formula is C17H17N3O2S2. The van der Waals surface area contributed by atoms with E-state index < -0.39 is 0 Å². The van der Waals surface area contributed by atoms with Crippen molar-refractivity contribution in [3.05, 3.63) is 38.4 Å². The van der Waals surface area contributed by atoms with Gasteiger partial charge in [0, 0.05) is 9.75 Å². The third-order valence-electron chi connectivity index (χ3n) is 3.78. The number of carbonyl (C=O) groups excluding carboxylic acids is 1. The van der Waals surface area contributed by atoms with Crippen molar-refractivity contribution in [3.63, 3.8) is 0 Å². The Balaban J connectivity index is 1.59. The number of amides is 1. The number of nitrogens with one attached hydrogen (secondary N) is 1. The number of nitriles is 1. The van der Waals surface area contributed by atoms with Crippen LogP contribution in [-0.4, -0.2) is 18.7 Å². The molecule has 0 bridgehead atoms. The molecule has 3 rings (SSSR count). The zero-order chi connectivity index (χ0) is 16.8. The van der Waals surface area contributed by atoms with Crippen molar-refractivity contribution in [2.75, 3.05) is 11.9 Å². The molecular weight excluding hydrogens is 342 g/mol. The van der Waals surface area contributed by atoms with E-state index in [2.05, 4.69) is 16.5 Å². The third kappa shape index (κ3) is 4.02. The Labute approximate surface area is 148 Å². The first-order valence-electron chi connectivity index (χ1n) is 7.81. The van der Waals surface area contributed by atoms with Gasteiger partial charge in [0.1, 0.15) is 11.1 Å². The number of nitrogens with zero attached hydrogens (tertiary/aromatic N) is 2. The van der Waals surface area contributed by atoms with E-state index in [-0.39, 0.29) is 12.5 Å². The Bertz CT molecular complexity index is 773. The normalized spacial score (nSPS) is 14.0. The van der Waals surface area contributed by atoms with E-state index in [1.54, 1.807) is 17.6 Å². The van der Waals surface area contributed by atoms with Crippen LogP contribution >= 0.6 is 22.7 Å². The Hall–Kier alpha value is -2.17. The smallest absolute Gasteiger partial charge is 0.265 e. The van der Waals surface area contributed by atoms with Crippen LogP contribution in [0, 0.1) is 11.3 Å². The molecule has 1 aliphatic rings. The van der Waals surface area contributed by atoms with Gasteiger partial charge in [-0.25, -0.2) is 0 Å². The average molecular weight is 359 g/mol. The molecule has 1 aliphatic carbocycles. The van der Waals surface area contributed by atoms with Crippen molar-refractivity contribution in [2.24, 2.45) is 5.16 Å². The van der Waals surface area contributed by atoms with Gasteiger partial charge in [-0.1, -0.05) is 17.6 Å². The molecule has 2 heterocycles. The summed E-state index contributed by atoms with van der Waals surface area (Å²) < 4.78 is 0. The fourth-order valence-corrected chi connectivity index (χ4v) is 4.49. The molecule has 0 fully saturated rings. The summed E-state index contributed by atoms with van der Waals surface area (Å²) in [5.74, 6) is -0.300. The summed E-state index contributed by atoms with van der Waals surface area (Å²) >= 11 is 3.06. The predicted octanol–water partition coefficient (Wildman–Crippen LogP) is 3.94. The lowest BCUT2D eigenvalue weighted by molar-refractivity contribution is -0.120. The van der Waals surface area contributed by atoms with Crippen molar-refractivity contribution in [3.8, 4) is 6.07 Å². The monoisotopic (exact) mass is 359 g/mol. The minimum atomic E-state index is -0.300. The van der Waals surface area contributed by atoms with Gasteiger partial charge in [0.15, 0.2) is 6.61 Å². The van der Waals surface area contributed by atoms with Crippen LogP contribution < -0.4 is 5.32 Å². The molecule has 1 N–H and O–H groups in total. The van der Waals surface area contributed by atoms with E-state index in [1.807, 2.05) is 17.5 Å². The van der Waals surface area contributed by atoms with Crippen molar-refractivity contribution in [2.45, 2.75) is 32.1 Å². The van der Waals surface area contributed by atoms with E-state index >= 15 is 0 Å². The molecule has 0 atom stereocenters. The summed E-state index contributed by atoms with van der Waals surface area (Å²) in [6, 6.07) is 6.08. The lowest BCUT2D eigenvalue weighted by atomic mass is 10.1. The molecule has 0 aromatic carbocycles. The second-order valence-corrected chi connectivity index (χ2v) is 7.54. The quantitative estimate of drug-likeness (QED) is 0.499. The predicted molar refractivity (Wildman–Crippen MR) is 96.8 cm³/mol. The molecule has 2 aromatic rings. The van der Waals surface area contributed by atoms with Crippen LogP contribution in [0.4, 0.5) is 5.00 Å². The highest BCUT2D eigenvalue weighted by Crippen LogP contribution is 2.36. The van der Waals surface area contributed by atoms with Gasteiger partial charge in [0.05, 0.1) is 11.8 Å². The summed E-state index contributed by atoms with van der Waals surface area (Å²) in [7, 11) is 0. The third-order valence-corrected chi connectivity index (χ3v) is 5.79. The largest absolute Gasteiger partial charge is 0.386 e. The number of thiophene rings is 2. The van der Waals surface area contributed by atoms with Crippen LogP contribution in [-0.2, 0) is 22.5 Å². The molecule has 1 amide bonds. The highest BCUT2D eigenvalue weighted by Gasteiger charge is 2.20. The number of rotatable bonds is 5. The summed E-state index contributed by atoms with van der Waals surface area (Å²) in [5.41, 5.74) is 1.74. The van der Waals surface area contributed by atoms with Crippen LogP contribution in [0.5, 0.6) is 0 Å². The van der Waals surface area contributed by atoms with E-state index in [0.717, 1.165) is 36.1 Å². The van der Waals surface area contributed by atoms with Gasteiger partial charge in [-0.3, -0.25) is 4.79 Å². The number of anilines is 1. The van der Waals surface area contributed by atoms with Gasteiger partial charge in [0.2, 0.25) is 0 Å². The van der Waals surface area contributed by atoms with E-state index in [9.17, 15) is 10.1 Å². The van der Waals surface area contributed by atoms with Crippen LogP contribution in [0.25, 0.3) is 0 Å². The number of aryl methyl sites for hydroxylation is 1. The Morgan fingerprint density at radius 1 is 1.42 bits per heavy atom. The molecule has 124 valence electrons.